The molecule has 5 nitrogen and oxygen atoms in total. The van der Waals surface area contributed by atoms with Gasteiger partial charge in [-0.3, -0.25) is 9.79 Å². The Balaban J connectivity index is 1.96. The average Bonchev–Trinajstić information content (AvgIpc) is 3.19. The van der Waals surface area contributed by atoms with Crippen molar-refractivity contribution < 1.29 is 4.79 Å². The highest BCUT2D eigenvalue weighted by Gasteiger charge is 2.21. The second kappa shape index (κ2) is 6.50. The van der Waals surface area contributed by atoms with E-state index in [9.17, 15) is 4.79 Å². The monoisotopic (exact) mass is 358 g/mol. The third kappa shape index (κ3) is 2.85. The zero-order valence-electron chi connectivity index (χ0n) is 15.8. The topological polar surface area (TPSA) is 72.8 Å². The Labute approximate surface area is 158 Å². The second-order valence-corrected chi connectivity index (χ2v) is 6.97. The Hall–Kier alpha value is -3.21. The number of hydrogen-bond acceptors (Lipinski definition) is 3. The van der Waals surface area contributed by atoms with Gasteiger partial charge < -0.3 is 10.1 Å². The van der Waals surface area contributed by atoms with Gasteiger partial charge in [0.15, 0.2) is 0 Å². The van der Waals surface area contributed by atoms with Crippen LogP contribution in [0, 0.1) is 0 Å². The molecule has 5 heteroatoms. The molecule has 1 aromatic carbocycles. The summed E-state index contributed by atoms with van der Waals surface area (Å²) in [4.78, 5) is 21.2. The summed E-state index contributed by atoms with van der Waals surface area (Å²) >= 11 is 0. The van der Waals surface area contributed by atoms with Crippen LogP contribution in [-0.2, 0) is 6.42 Å². The highest BCUT2D eigenvalue weighted by Crippen LogP contribution is 2.36. The smallest absolute Gasteiger partial charge is 0.248 e. The molecular weight excluding hydrogens is 336 g/mol. The minimum atomic E-state index is -0.447. The molecule has 3 aromatic rings. The molecule has 0 fully saturated rings. The number of amides is 1. The first-order valence-corrected chi connectivity index (χ1v) is 9.14. The normalized spacial score (nSPS) is 14.1. The Morgan fingerprint density at radius 3 is 2.56 bits per heavy atom. The summed E-state index contributed by atoms with van der Waals surface area (Å²) < 4.78 is 2.03. The number of primary amides is 1. The van der Waals surface area contributed by atoms with Crippen LogP contribution in [0.5, 0.6) is 0 Å². The SMILES string of the molecule is CCc1c(-c2ccccc2C2=C(C)CC(C)=N2)nc2cc(C(N)=O)ccn12. The fourth-order valence-electron chi connectivity index (χ4n) is 3.78. The number of rotatable bonds is 4. The summed E-state index contributed by atoms with van der Waals surface area (Å²) in [6, 6.07) is 11.7. The van der Waals surface area contributed by atoms with Crippen LogP contribution < -0.4 is 5.73 Å². The molecule has 27 heavy (non-hydrogen) atoms. The van der Waals surface area contributed by atoms with E-state index in [1.807, 2.05) is 22.7 Å². The largest absolute Gasteiger partial charge is 0.366 e. The number of allylic oxidation sites excluding steroid dienone is 1. The molecule has 0 saturated carbocycles. The van der Waals surface area contributed by atoms with Gasteiger partial charge in [0.25, 0.3) is 0 Å². The molecular formula is C22H22N4O. The van der Waals surface area contributed by atoms with Gasteiger partial charge in [0, 0.05) is 35.0 Å². The number of hydrogen-bond donors (Lipinski definition) is 1. The number of aliphatic imine (C=N–C) groups is 1. The van der Waals surface area contributed by atoms with E-state index >= 15 is 0 Å². The number of carbonyl (C=O) groups is 1. The van der Waals surface area contributed by atoms with Crippen molar-refractivity contribution in [2.75, 3.05) is 0 Å². The van der Waals surface area contributed by atoms with Gasteiger partial charge in [-0.2, -0.15) is 0 Å². The molecule has 3 heterocycles. The van der Waals surface area contributed by atoms with Crippen LogP contribution in [0.15, 0.2) is 53.2 Å². The molecule has 1 aliphatic heterocycles. The summed E-state index contributed by atoms with van der Waals surface area (Å²) in [7, 11) is 0. The molecule has 136 valence electrons. The predicted molar refractivity (Wildman–Crippen MR) is 109 cm³/mol. The number of aromatic nitrogens is 2. The van der Waals surface area contributed by atoms with Crippen molar-refractivity contribution in [1.82, 2.24) is 9.38 Å². The first kappa shape index (κ1) is 17.2. The molecule has 0 saturated heterocycles. The quantitative estimate of drug-likeness (QED) is 0.757. The van der Waals surface area contributed by atoms with Gasteiger partial charge in [-0.25, -0.2) is 4.98 Å². The van der Waals surface area contributed by atoms with Crippen LogP contribution in [0.4, 0.5) is 0 Å². The molecule has 0 aliphatic carbocycles. The van der Waals surface area contributed by atoms with Crippen molar-refractivity contribution in [2.45, 2.75) is 33.6 Å². The van der Waals surface area contributed by atoms with E-state index < -0.39 is 5.91 Å². The average molecular weight is 358 g/mol. The molecule has 0 spiro atoms. The van der Waals surface area contributed by atoms with Crippen molar-refractivity contribution in [3.05, 3.63) is 65.0 Å². The minimum Gasteiger partial charge on any atom is -0.366 e. The van der Waals surface area contributed by atoms with Crippen LogP contribution in [0.3, 0.4) is 0 Å². The van der Waals surface area contributed by atoms with Crippen molar-refractivity contribution in [3.63, 3.8) is 0 Å². The Morgan fingerprint density at radius 1 is 1.19 bits per heavy atom. The van der Waals surface area contributed by atoms with Crippen LogP contribution in [0.25, 0.3) is 22.6 Å². The van der Waals surface area contributed by atoms with Gasteiger partial charge >= 0.3 is 0 Å². The van der Waals surface area contributed by atoms with Gasteiger partial charge in [0.1, 0.15) is 5.65 Å². The number of nitrogens with zero attached hydrogens (tertiary/aromatic N) is 3. The van der Waals surface area contributed by atoms with Gasteiger partial charge in [-0.15, -0.1) is 0 Å². The van der Waals surface area contributed by atoms with E-state index in [4.69, 9.17) is 15.7 Å². The number of fused-ring (bicyclic) bond motifs is 1. The van der Waals surface area contributed by atoms with Gasteiger partial charge in [0.05, 0.1) is 17.1 Å². The summed E-state index contributed by atoms with van der Waals surface area (Å²) in [5, 5.41) is 0. The lowest BCUT2D eigenvalue weighted by Gasteiger charge is -2.10. The van der Waals surface area contributed by atoms with E-state index in [1.165, 1.54) is 5.57 Å². The molecule has 0 bridgehead atoms. The molecule has 0 atom stereocenters. The van der Waals surface area contributed by atoms with E-state index in [1.54, 1.807) is 12.1 Å². The Morgan fingerprint density at radius 2 is 1.93 bits per heavy atom. The number of aryl methyl sites for hydroxylation is 1. The minimum absolute atomic E-state index is 0.447. The summed E-state index contributed by atoms with van der Waals surface area (Å²) in [6.45, 7) is 6.31. The van der Waals surface area contributed by atoms with Crippen LogP contribution >= 0.6 is 0 Å². The zero-order valence-corrected chi connectivity index (χ0v) is 15.8. The highest BCUT2D eigenvalue weighted by molar-refractivity contribution is 5.98. The van der Waals surface area contributed by atoms with E-state index in [0.717, 1.165) is 52.4 Å². The van der Waals surface area contributed by atoms with E-state index in [-0.39, 0.29) is 0 Å². The molecule has 4 rings (SSSR count). The van der Waals surface area contributed by atoms with Crippen LogP contribution in [0.1, 0.15) is 48.8 Å². The lowest BCUT2D eigenvalue weighted by molar-refractivity contribution is 0.1000. The predicted octanol–water partition coefficient (Wildman–Crippen LogP) is 4.26. The maximum Gasteiger partial charge on any atom is 0.248 e. The summed E-state index contributed by atoms with van der Waals surface area (Å²) in [5.74, 6) is -0.447. The number of pyridine rings is 1. The molecule has 0 radical (unpaired) electrons. The number of carbonyl (C=O) groups excluding carboxylic acids is 1. The third-order valence-electron chi connectivity index (χ3n) is 5.01. The highest BCUT2D eigenvalue weighted by atomic mass is 16.1. The zero-order chi connectivity index (χ0) is 19.1. The van der Waals surface area contributed by atoms with Crippen molar-refractivity contribution in [3.8, 4) is 11.3 Å². The summed E-state index contributed by atoms with van der Waals surface area (Å²) in [6.07, 6.45) is 3.61. The first-order chi connectivity index (χ1) is 13.0. The van der Waals surface area contributed by atoms with Crippen molar-refractivity contribution in [2.24, 2.45) is 10.7 Å². The number of benzene rings is 1. The molecule has 1 aliphatic rings. The molecule has 0 unspecified atom stereocenters. The van der Waals surface area contributed by atoms with Crippen LogP contribution in [-0.4, -0.2) is 21.0 Å². The fraction of sp³-hybridized carbons (Fsp3) is 0.227. The lowest BCUT2D eigenvalue weighted by Crippen LogP contribution is -2.11. The fourth-order valence-corrected chi connectivity index (χ4v) is 3.78. The lowest BCUT2D eigenvalue weighted by atomic mass is 9.98. The number of imidazole rings is 1. The molecule has 2 N–H and O–H groups in total. The van der Waals surface area contributed by atoms with Crippen LogP contribution in [0.2, 0.25) is 0 Å². The van der Waals surface area contributed by atoms with E-state index in [0.29, 0.717) is 5.56 Å². The second-order valence-electron chi connectivity index (χ2n) is 6.97. The van der Waals surface area contributed by atoms with E-state index in [2.05, 4.69) is 32.9 Å². The van der Waals surface area contributed by atoms with Crippen molar-refractivity contribution in [1.29, 1.82) is 0 Å². The standard InChI is InChI=1S/C22H22N4O/c1-4-18-21(25-19-12-15(22(23)27)9-10-26(18)19)17-8-6-5-7-16(17)20-13(2)11-14(3)24-20/h5-10,12H,4,11H2,1-3H3,(H2,23,27). The Kier molecular flexibility index (Phi) is 4.15. The molecule has 2 aromatic heterocycles. The first-order valence-electron chi connectivity index (χ1n) is 9.14. The maximum atomic E-state index is 11.5. The molecule has 1 amide bonds. The van der Waals surface area contributed by atoms with Gasteiger partial charge in [0.2, 0.25) is 5.91 Å². The third-order valence-corrected chi connectivity index (χ3v) is 5.01. The van der Waals surface area contributed by atoms with Crippen molar-refractivity contribution >= 4 is 23.0 Å². The summed E-state index contributed by atoms with van der Waals surface area (Å²) in [5.41, 5.74) is 14.3. The Bertz CT molecular complexity index is 1130. The van der Waals surface area contributed by atoms with Gasteiger partial charge in [-0.05, 0) is 38.0 Å². The van der Waals surface area contributed by atoms with Gasteiger partial charge in [-0.1, -0.05) is 31.2 Å². The number of nitrogens with two attached hydrogens (primary N) is 1. The maximum absolute atomic E-state index is 11.5.